The Labute approximate surface area is 112 Å². The first-order valence-electron chi connectivity index (χ1n) is 6.09. The number of nitrogens with two attached hydrogens (primary N) is 1. The number of primary amides is 1. The van der Waals surface area contributed by atoms with Gasteiger partial charge in [0.25, 0.3) is 0 Å². The Kier molecular flexibility index (Phi) is 3.48. The average molecular weight is 268 g/mol. The number of nitrogens with zero attached hydrogens (tertiary/aromatic N) is 2. The summed E-state index contributed by atoms with van der Waals surface area (Å²) in [6.07, 6.45) is 3.83. The van der Waals surface area contributed by atoms with E-state index < -0.39 is 5.91 Å². The number of carbonyl (C=O) groups is 1. The number of aromatic nitrogens is 1. The second-order valence-corrected chi connectivity index (χ2v) is 5.99. The molecule has 0 atom stereocenters. The van der Waals surface area contributed by atoms with E-state index in [2.05, 4.69) is 23.7 Å². The molecule has 1 aliphatic rings. The van der Waals surface area contributed by atoms with Gasteiger partial charge in [-0.15, -0.1) is 0 Å². The Hall–Kier alpha value is -1.29. The topological polar surface area (TPSA) is 59.2 Å². The van der Waals surface area contributed by atoms with E-state index in [1.54, 1.807) is 6.07 Å². The van der Waals surface area contributed by atoms with Crippen molar-refractivity contribution >= 4 is 23.3 Å². The van der Waals surface area contributed by atoms with Crippen molar-refractivity contribution in [1.82, 2.24) is 4.98 Å². The van der Waals surface area contributed by atoms with Crippen LogP contribution in [-0.2, 0) is 0 Å². The minimum atomic E-state index is -0.505. The summed E-state index contributed by atoms with van der Waals surface area (Å²) in [4.78, 5) is 17.5. The van der Waals surface area contributed by atoms with Crippen LogP contribution in [0.4, 0.5) is 5.82 Å². The zero-order valence-corrected chi connectivity index (χ0v) is 11.5. The van der Waals surface area contributed by atoms with E-state index in [1.807, 2.05) is 0 Å². The molecule has 0 bridgehead atoms. The van der Waals surface area contributed by atoms with Gasteiger partial charge in [0.05, 0.1) is 10.6 Å². The highest BCUT2D eigenvalue weighted by Crippen LogP contribution is 2.33. The summed E-state index contributed by atoms with van der Waals surface area (Å²) in [7, 11) is 0. The standard InChI is InChI=1S/C13H18ClN3O/c1-13(2)4-3-5-17(8-13)12-10(14)6-9(7-16-12)11(15)18/h6-7H,3-5,8H2,1-2H3,(H2,15,18). The molecule has 1 aromatic heterocycles. The van der Waals surface area contributed by atoms with Crippen LogP contribution in [0.15, 0.2) is 12.3 Å². The van der Waals surface area contributed by atoms with Gasteiger partial charge >= 0.3 is 0 Å². The van der Waals surface area contributed by atoms with E-state index in [0.29, 0.717) is 10.6 Å². The van der Waals surface area contributed by atoms with Crippen molar-refractivity contribution in [3.63, 3.8) is 0 Å². The van der Waals surface area contributed by atoms with Crippen molar-refractivity contribution in [3.8, 4) is 0 Å². The molecule has 0 spiro atoms. The van der Waals surface area contributed by atoms with Crippen LogP contribution < -0.4 is 10.6 Å². The molecule has 1 saturated heterocycles. The van der Waals surface area contributed by atoms with Crippen LogP contribution in [0.2, 0.25) is 5.02 Å². The first-order chi connectivity index (χ1) is 8.39. The second kappa shape index (κ2) is 4.76. The Morgan fingerprint density at radius 2 is 2.28 bits per heavy atom. The maximum atomic E-state index is 11.1. The quantitative estimate of drug-likeness (QED) is 0.895. The van der Waals surface area contributed by atoms with Gasteiger partial charge in [0.2, 0.25) is 5.91 Å². The van der Waals surface area contributed by atoms with Crippen LogP contribution in [-0.4, -0.2) is 24.0 Å². The van der Waals surface area contributed by atoms with E-state index in [0.717, 1.165) is 25.3 Å². The first kappa shape index (κ1) is 13.1. The van der Waals surface area contributed by atoms with Gasteiger partial charge in [-0.1, -0.05) is 25.4 Å². The lowest BCUT2D eigenvalue weighted by Crippen LogP contribution is -2.40. The lowest BCUT2D eigenvalue weighted by atomic mass is 9.84. The number of piperidine rings is 1. The summed E-state index contributed by atoms with van der Waals surface area (Å²) in [6, 6.07) is 1.59. The van der Waals surface area contributed by atoms with Crippen LogP contribution >= 0.6 is 11.6 Å². The van der Waals surface area contributed by atoms with Crippen molar-refractivity contribution in [2.45, 2.75) is 26.7 Å². The third-order valence-electron chi connectivity index (χ3n) is 3.31. The van der Waals surface area contributed by atoms with Gasteiger partial charge in [0.1, 0.15) is 5.82 Å². The van der Waals surface area contributed by atoms with Crippen LogP contribution in [0.1, 0.15) is 37.0 Å². The van der Waals surface area contributed by atoms with Gasteiger partial charge < -0.3 is 10.6 Å². The molecule has 5 heteroatoms. The summed E-state index contributed by atoms with van der Waals surface area (Å²) in [5, 5.41) is 0.490. The second-order valence-electron chi connectivity index (χ2n) is 5.58. The van der Waals surface area contributed by atoms with Gasteiger partial charge in [-0.2, -0.15) is 0 Å². The van der Waals surface area contributed by atoms with Crippen LogP contribution in [0.25, 0.3) is 0 Å². The molecule has 1 aromatic rings. The molecule has 1 aliphatic heterocycles. The predicted octanol–water partition coefficient (Wildman–Crippen LogP) is 2.46. The van der Waals surface area contributed by atoms with E-state index in [1.165, 1.54) is 12.6 Å². The number of carbonyl (C=O) groups excluding carboxylic acids is 1. The molecule has 0 aromatic carbocycles. The minimum Gasteiger partial charge on any atom is -0.366 e. The predicted molar refractivity (Wildman–Crippen MR) is 73.0 cm³/mol. The number of rotatable bonds is 2. The fraction of sp³-hybridized carbons (Fsp3) is 0.538. The van der Waals surface area contributed by atoms with Gasteiger partial charge in [0.15, 0.2) is 0 Å². The zero-order valence-electron chi connectivity index (χ0n) is 10.7. The fourth-order valence-corrected chi connectivity index (χ4v) is 2.69. The summed E-state index contributed by atoms with van der Waals surface area (Å²) in [5.74, 6) is 0.240. The molecule has 1 amide bonds. The molecular weight excluding hydrogens is 250 g/mol. The van der Waals surface area contributed by atoms with Gasteiger partial charge in [0, 0.05) is 19.3 Å². The van der Waals surface area contributed by atoms with E-state index >= 15 is 0 Å². The normalized spacial score (nSPS) is 18.7. The Morgan fingerprint density at radius 3 is 2.83 bits per heavy atom. The number of halogens is 1. The SMILES string of the molecule is CC1(C)CCCN(c2ncc(C(N)=O)cc2Cl)C1. The van der Waals surface area contributed by atoms with Crippen molar-refractivity contribution in [2.24, 2.45) is 11.1 Å². The highest BCUT2D eigenvalue weighted by atomic mass is 35.5. The molecule has 0 aliphatic carbocycles. The average Bonchev–Trinajstić information content (AvgIpc) is 2.27. The smallest absolute Gasteiger partial charge is 0.250 e. The summed E-state index contributed by atoms with van der Waals surface area (Å²) in [5.41, 5.74) is 5.82. The van der Waals surface area contributed by atoms with Gasteiger partial charge in [-0.3, -0.25) is 4.79 Å². The number of pyridine rings is 1. The number of amides is 1. The lowest BCUT2D eigenvalue weighted by Gasteiger charge is -2.39. The molecular formula is C13H18ClN3O. The Balaban J connectivity index is 2.26. The van der Waals surface area contributed by atoms with Crippen LogP contribution in [0.5, 0.6) is 0 Å². The first-order valence-corrected chi connectivity index (χ1v) is 6.47. The zero-order chi connectivity index (χ0) is 13.3. The molecule has 18 heavy (non-hydrogen) atoms. The van der Waals surface area contributed by atoms with Gasteiger partial charge in [-0.25, -0.2) is 4.98 Å². The molecule has 4 nitrogen and oxygen atoms in total. The van der Waals surface area contributed by atoms with Crippen LogP contribution in [0, 0.1) is 5.41 Å². The highest BCUT2D eigenvalue weighted by Gasteiger charge is 2.28. The van der Waals surface area contributed by atoms with Crippen molar-refractivity contribution in [2.75, 3.05) is 18.0 Å². The van der Waals surface area contributed by atoms with Crippen molar-refractivity contribution in [1.29, 1.82) is 0 Å². The Morgan fingerprint density at radius 1 is 1.56 bits per heavy atom. The molecule has 0 unspecified atom stereocenters. The molecule has 0 saturated carbocycles. The monoisotopic (exact) mass is 267 g/mol. The minimum absolute atomic E-state index is 0.269. The molecule has 98 valence electrons. The molecule has 0 radical (unpaired) electrons. The van der Waals surface area contributed by atoms with Crippen LogP contribution in [0.3, 0.4) is 0 Å². The van der Waals surface area contributed by atoms with Crippen molar-refractivity contribution in [3.05, 3.63) is 22.8 Å². The molecule has 1 fully saturated rings. The Bertz CT molecular complexity index is 473. The fourth-order valence-electron chi connectivity index (χ4n) is 2.40. The maximum Gasteiger partial charge on any atom is 0.250 e. The van der Waals surface area contributed by atoms with Crippen molar-refractivity contribution < 1.29 is 4.79 Å². The third-order valence-corrected chi connectivity index (χ3v) is 3.58. The summed E-state index contributed by atoms with van der Waals surface area (Å²) >= 11 is 6.19. The third kappa shape index (κ3) is 2.75. The molecule has 2 rings (SSSR count). The van der Waals surface area contributed by atoms with E-state index in [4.69, 9.17) is 17.3 Å². The van der Waals surface area contributed by atoms with Gasteiger partial charge in [-0.05, 0) is 24.3 Å². The summed E-state index contributed by atoms with van der Waals surface area (Å²) < 4.78 is 0. The largest absolute Gasteiger partial charge is 0.366 e. The molecule has 2 N–H and O–H groups in total. The lowest BCUT2D eigenvalue weighted by molar-refractivity contribution is 0.1000. The maximum absolute atomic E-state index is 11.1. The number of hydrogen-bond donors (Lipinski definition) is 1. The summed E-state index contributed by atoms with van der Waals surface area (Å²) in [6.45, 7) is 6.36. The van der Waals surface area contributed by atoms with E-state index in [9.17, 15) is 4.79 Å². The van der Waals surface area contributed by atoms with E-state index in [-0.39, 0.29) is 5.41 Å². The molecule has 2 heterocycles. The number of anilines is 1. The number of hydrogen-bond acceptors (Lipinski definition) is 3. The highest BCUT2D eigenvalue weighted by molar-refractivity contribution is 6.33.